The second-order valence-corrected chi connectivity index (χ2v) is 10.1. The first kappa shape index (κ1) is 20.9. The molecule has 0 aromatic heterocycles. The van der Waals surface area contributed by atoms with Crippen LogP contribution in [0.1, 0.15) is 10.4 Å². The van der Waals surface area contributed by atoms with Crippen LogP contribution in [0.15, 0.2) is 34.3 Å². The summed E-state index contributed by atoms with van der Waals surface area (Å²) in [5.74, 6) is -5.62. The largest absolute Gasteiger partial charge is 0.363 e. The van der Waals surface area contributed by atoms with E-state index in [9.17, 15) is 14.4 Å². The summed E-state index contributed by atoms with van der Waals surface area (Å²) in [5.41, 5.74) is 0.0597. The van der Waals surface area contributed by atoms with Crippen molar-refractivity contribution in [1.29, 1.82) is 0 Å². The molecule has 2 bridgehead atoms. The van der Waals surface area contributed by atoms with Crippen LogP contribution in [0.5, 0.6) is 0 Å². The lowest BCUT2D eigenvalue weighted by Gasteiger charge is -2.34. The van der Waals surface area contributed by atoms with Gasteiger partial charge in [-0.15, -0.1) is 28.3 Å². The molecular formula is C16H6Cl7NO4. The summed E-state index contributed by atoms with van der Waals surface area (Å²) in [7, 11) is 0. The summed E-state index contributed by atoms with van der Waals surface area (Å²) in [6.07, 6.45) is 0. The summed E-state index contributed by atoms with van der Waals surface area (Å²) in [4.78, 5) is 39.2. The van der Waals surface area contributed by atoms with E-state index in [0.29, 0.717) is 10.1 Å². The molecule has 1 saturated heterocycles. The molecule has 4 rings (SSSR count). The number of benzene rings is 1. The number of hydrogen-bond donors (Lipinski definition) is 0. The molecule has 0 N–H and O–H groups in total. The van der Waals surface area contributed by atoms with Crippen LogP contribution in [-0.4, -0.2) is 36.9 Å². The van der Waals surface area contributed by atoms with Crippen LogP contribution in [0.2, 0.25) is 5.02 Å². The van der Waals surface area contributed by atoms with E-state index in [2.05, 4.69) is 0 Å². The van der Waals surface area contributed by atoms with Crippen molar-refractivity contribution in [2.45, 2.75) is 14.1 Å². The quantitative estimate of drug-likeness (QED) is 0.410. The fourth-order valence-corrected chi connectivity index (χ4v) is 6.84. The molecule has 0 radical (unpaired) electrons. The third-order valence-electron chi connectivity index (χ3n) is 5.12. The van der Waals surface area contributed by atoms with Gasteiger partial charge in [0.15, 0.2) is 4.33 Å². The maximum absolute atomic E-state index is 12.9. The first-order valence-electron chi connectivity index (χ1n) is 7.58. The molecule has 1 saturated carbocycles. The van der Waals surface area contributed by atoms with Crippen LogP contribution in [-0.2, 0) is 14.4 Å². The minimum absolute atomic E-state index is 0.0597. The maximum atomic E-state index is 12.9. The van der Waals surface area contributed by atoms with Crippen LogP contribution >= 0.6 is 81.2 Å². The van der Waals surface area contributed by atoms with Crippen LogP contribution in [0.25, 0.3) is 0 Å². The Balaban J connectivity index is 1.71. The van der Waals surface area contributed by atoms with Crippen LogP contribution in [0.4, 0.5) is 0 Å². The second kappa shape index (κ2) is 6.30. The number of rotatable bonds is 2. The fourth-order valence-electron chi connectivity index (χ4n) is 3.78. The molecule has 1 aromatic rings. The number of allylic oxidation sites excluding steroid dienone is 2. The molecule has 0 spiro atoms. The molecule has 1 aromatic carbocycles. The van der Waals surface area contributed by atoms with E-state index in [0.717, 1.165) is 0 Å². The molecule has 2 amide bonds. The Labute approximate surface area is 193 Å². The van der Waals surface area contributed by atoms with E-state index in [1.165, 1.54) is 24.3 Å². The van der Waals surface area contributed by atoms with Gasteiger partial charge in [0, 0.05) is 5.02 Å². The highest BCUT2D eigenvalue weighted by Gasteiger charge is 2.88. The van der Waals surface area contributed by atoms with Crippen molar-refractivity contribution in [3.63, 3.8) is 0 Å². The molecule has 4 unspecified atom stereocenters. The van der Waals surface area contributed by atoms with Crippen molar-refractivity contribution >= 4 is 99.0 Å². The van der Waals surface area contributed by atoms with Crippen LogP contribution < -0.4 is 0 Å². The molecule has 148 valence electrons. The number of carbonyl (C=O) groups excluding carboxylic acids is 3. The van der Waals surface area contributed by atoms with Gasteiger partial charge in [0.05, 0.1) is 27.5 Å². The summed E-state index contributed by atoms with van der Waals surface area (Å²) in [6.45, 7) is 0. The smallest absolute Gasteiger partial charge is 0.325 e. The fraction of sp³-hybridized carbons (Fsp3) is 0.312. The molecular weight excluding hydrogens is 518 g/mol. The zero-order valence-electron chi connectivity index (χ0n) is 13.2. The number of halogens is 7. The van der Waals surface area contributed by atoms with Gasteiger partial charge < -0.3 is 4.84 Å². The number of amides is 2. The van der Waals surface area contributed by atoms with Gasteiger partial charge in [-0.2, -0.15) is 0 Å². The van der Waals surface area contributed by atoms with E-state index in [1.807, 2.05) is 0 Å². The Kier molecular flexibility index (Phi) is 4.69. The molecule has 12 heteroatoms. The van der Waals surface area contributed by atoms with E-state index in [4.69, 9.17) is 86.0 Å². The number of imide groups is 1. The Morgan fingerprint density at radius 2 is 1.29 bits per heavy atom. The van der Waals surface area contributed by atoms with Crippen molar-refractivity contribution in [2.75, 3.05) is 0 Å². The summed E-state index contributed by atoms with van der Waals surface area (Å²) in [5, 5.41) is 0.219. The highest BCUT2D eigenvalue weighted by Crippen LogP contribution is 2.77. The number of nitrogens with zero attached hydrogens (tertiary/aromatic N) is 1. The molecule has 4 atom stereocenters. The summed E-state index contributed by atoms with van der Waals surface area (Å²) < 4.78 is -2.05. The predicted octanol–water partition coefficient (Wildman–Crippen LogP) is 4.86. The van der Waals surface area contributed by atoms with Gasteiger partial charge in [0.1, 0.15) is 9.75 Å². The van der Waals surface area contributed by atoms with Crippen LogP contribution in [0.3, 0.4) is 0 Å². The van der Waals surface area contributed by atoms with Crippen LogP contribution in [0, 0.1) is 11.8 Å². The molecule has 1 aliphatic heterocycles. The van der Waals surface area contributed by atoms with Crippen molar-refractivity contribution in [1.82, 2.24) is 5.06 Å². The number of hydrogen-bond acceptors (Lipinski definition) is 4. The molecule has 1 heterocycles. The third-order valence-corrected chi connectivity index (χ3v) is 9.63. The van der Waals surface area contributed by atoms with E-state index in [1.54, 1.807) is 0 Å². The van der Waals surface area contributed by atoms with Gasteiger partial charge in [-0.3, -0.25) is 9.59 Å². The standard InChI is InChI=1S/C16H6Cl7NO4/c17-6-3-1-5(2-4-6)13(27)28-24-11(25)7-8(12(24)26)15(21)10(19)9(18)14(7,20)16(15,22)23/h1-4,7-8H. The highest BCUT2D eigenvalue weighted by atomic mass is 35.5. The minimum atomic E-state index is -2.05. The van der Waals surface area contributed by atoms with Crippen molar-refractivity contribution in [2.24, 2.45) is 11.8 Å². The van der Waals surface area contributed by atoms with Gasteiger partial charge in [0.25, 0.3) is 11.8 Å². The van der Waals surface area contributed by atoms with Gasteiger partial charge in [0.2, 0.25) is 0 Å². The predicted molar refractivity (Wildman–Crippen MR) is 106 cm³/mol. The normalized spacial score (nSPS) is 35.6. The Bertz CT molecular complexity index is 932. The first-order chi connectivity index (χ1) is 12.9. The summed E-state index contributed by atoms with van der Waals surface area (Å²) in [6, 6.07) is 5.62. The minimum Gasteiger partial charge on any atom is -0.325 e. The van der Waals surface area contributed by atoms with Gasteiger partial charge in [-0.05, 0) is 24.3 Å². The zero-order valence-corrected chi connectivity index (χ0v) is 18.5. The molecule has 3 aliphatic rings. The van der Waals surface area contributed by atoms with E-state index < -0.39 is 43.7 Å². The Morgan fingerprint density at radius 1 is 0.857 bits per heavy atom. The third kappa shape index (κ3) is 2.22. The zero-order chi connectivity index (χ0) is 20.8. The molecule has 28 heavy (non-hydrogen) atoms. The lowest BCUT2D eigenvalue weighted by molar-refractivity contribution is -0.175. The average Bonchev–Trinajstić information content (AvgIpc) is 3.01. The number of hydroxylamine groups is 2. The number of carbonyl (C=O) groups is 3. The molecule has 2 fully saturated rings. The molecule has 2 aliphatic carbocycles. The van der Waals surface area contributed by atoms with Crippen molar-refractivity contribution in [3.05, 3.63) is 44.9 Å². The Morgan fingerprint density at radius 3 is 1.71 bits per heavy atom. The monoisotopic (exact) mass is 521 g/mol. The number of alkyl halides is 4. The lowest BCUT2D eigenvalue weighted by Crippen LogP contribution is -2.50. The number of fused-ring (bicyclic) bond motifs is 5. The highest BCUT2D eigenvalue weighted by molar-refractivity contribution is 6.66. The lowest BCUT2D eigenvalue weighted by atomic mass is 9.84. The summed E-state index contributed by atoms with van der Waals surface area (Å²) >= 11 is 43.9. The van der Waals surface area contributed by atoms with E-state index in [-0.39, 0.29) is 15.6 Å². The second-order valence-electron chi connectivity index (χ2n) is 6.44. The van der Waals surface area contributed by atoms with Gasteiger partial charge in [-0.25, -0.2) is 4.79 Å². The average molecular weight is 524 g/mol. The Hall–Kier alpha value is -0.400. The molecule has 5 nitrogen and oxygen atoms in total. The van der Waals surface area contributed by atoms with Gasteiger partial charge in [-0.1, -0.05) is 58.0 Å². The maximum Gasteiger partial charge on any atom is 0.363 e. The van der Waals surface area contributed by atoms with Crippen molar-refractivity contribution < 1.29 is 19.2 Å². The van der Waals surface area contributed by atoms with Crippen molar-refractivity contribution in [3.8, 4) is 0 Å². The first-order valence-corrected chi connectivity index (χ1v) is 10.2. The van der Waals surface area contributed by atoms with E-state index >= 15 is 0 Å². The van der Waals surface area contributed by atoms with Gasteiger partial charge >= 0.3 is 5.97 Å². The SMILES string of the molecule is O=C(ON1C(=O)C2C(C1=O)C1(Cl)C(Cl)=C(Cl)C2(Cl)C1(Cl)Cl)c1ccc(Cl)cc1. The topological polar surface area (TPSA) is 63.7 Å².